The Morgan fingerprint density at radius 1 is 1.18 bits per heavy atom. The average Bonchev–Trinajstić information content (AvgIpc) is 3.37. The molecule has 10 heteroatoms. The van der Waals surface area contributed by atoms with Crippen molar-refractivity contribution < 1.29 is 13.2 Å². The lowest BCUT2D eigenvalue weighted by Crippen LogP contribution is -2.42. The van der Waals surface area contributed by atoms with E-state index >= 15 is 0 Å². The summed E-state index contributed by atoms with van der Waals surface area (Å²) in [5.74, 6) is 1.85. The molecule has 5 rings (SSSR count). The molecule has 3 atom stereocenters. The molecule has 33 heavy (non-hydrogen) atoms. The van der Waals surface area contributed by atoms with Crippen LogP contribution in [-0.4, -0.2) is 58.5 Å². The number of piperidine rings is 1. The maximum absolute atomic E-state index is 12.8. The van der Waals surface area contributed by atoms with Crippen molar-refractivity contribution >= 4 is 33.1 Å². The highest BCUT2D eigenvalue weighted by molar-refractivity contribution is 7.18. The van der Waals surface area contributed by atoms with Crippen LogP contribution in [0.5, 0.6) is 0 Å². The second kappa shape index (κ2) is 9.18. The summed E-state index contributed by atoms with van der Waals surface area (Å²) in [5, 5.41) is 13.3. The van der Waals surface area contributed by atoms with Gasteiger partial charge < -0.3 is 10.2 Å². The second-order valence-electron chi connectivity index (χ2n) is 9.56. The summed E-state index contributed by atoms with van der Waals surface area (Å²) in [6, 6.07) is 4.43. The second-order valence-corrected chi connectivity index (χ2v) is 10.7. The number of nitriles is 1. The summed E-state index contributed by atoms with van der Waals surface area (Å²) < 4.78 is 38.3. The first-order chi connectivity index (χ1) is 15.9. The quantitative estimate of drug-likeness (QED) is 0.669. The number of halogens is 3. The number of fused-ring (bicyclic) bond motifs is 2. The van der Waals surface area contributed by atoms with Gasteiger partial charge in [0.1, 0.15) is 28.8 Å². The molecule has 1 saturated heterocycles. The maximum atomic E-state index is 12.8. The first-order valence-electron chi connectivity index (χ1n) is 11.6. The van der Waals surface area contributed by atoms with Crippen molar-refractivity contribution in [1.29, 1.82) is 5.26 Å². The summed E-state index contributed by atoms with van der Waals surface area (Å²) >= 11 is 1.08. The largest absolute Gasteiger partial charge is 0.393 e. The van der Waals surface area contributed by atoms with E-state index in [0.29, 0.717) is 33.9 Å². The topological polar surface area (TPSA) is 77.2 Å². The van der Waals surface area contributed by atoms with E-state index < -0.39 is 12.6 Å². The summed E-state index contributed by atoms with van der Waals surface area (Å²) in [6.07, 6.45) is 2.51. The number of likely N-dealkylation sites (tertiary alicyclic amines) is 1. The molecule has 0 bridgehead atoms. The van der Waals surface area contributed by atoms with E-state index in [-0.39, 0.29) is 10.9 Å². The standard InChI is InChI=1S/C23H27F3N6S/c24-23(25,26)10-18-9-19-21(28-13-29-22(19)33-18)31-16-3-5-32(6-4-16)12-14-1-2-20-15(7-14)8-17(11-27)30-20/h9,13-16,20H,1-8,10,12H2,(H,28,29,31). The number of thiophene rings is 1. The fraction of sp³-hybridized carbons (Fsp3) is 0.652. The zero-order chi connectivity index (χ0) is 23.0. The Hall–Kier alpha value is -2.25. The van der Waals surface area contributed by atoms with Gasteiger partial charge in [-0.3, -0.25) is 4.99 Å². The minimum Gasteiger partial charge on any atom is -0.367 e. The van der Waals surface area contributed by atoms with E-state index in [1.807, 2.05) is 0 Å². The van der Waals surface area contributed by atoms with Crippen molar-refractivity contribution in [3.05, 3.63) is 17.3 Å². The number of alkyl halides is 3. The van der Waals surface area contributed by atoms with Crippen LogP contribution in [0.1, 0.15) is 43.4 Å². The van der Waals surface area contributed by atoms with Gasteiger partial charge in [-0.15, -0.1) is 11.3 Å². The van der Waals surface area contributed by atoms with Crippen LogP contribution in [0, 0.1) is 23.2 Å². The number of nitrogens with zero attached hydrogens (tertiary/aromatic N) is 5. The van der Waals surface area contributed by atoms with Gasteiger partial charge in [-0.25, -0.2) is 9.97 Å². The van der Waals surface area contributed by atoms with Crippen LogP contribution in [0.4, 0.5) is 19.0 Å². The predicted molar refractivity (Wildman–Crippen MR) is 123 cm³/mol. The molecule has 1 saturated carbocycles. The Kier molecular flexibility index (Phi) is 6.27. The van der Waals surface area contributed by atoms with E-state index in [1.165, 1.54) is 12.7 Å². The molecule has 176 valence electrons. The highest BCUT2D eigenvalue weighted by atomic mass is 32.1. The van der Waals surface area contributed by atoms with Gasteiger partial charge >= 0.3 is 6.18 Å². The molecule has 2 aromatic heterocycles. The Bertz CT molecular complexity index is 1070. The zero-order valence-electron chi connectivity index (χ0n) is 18.3. The SMILES string of the molecule is N#CC1=NC2CCC(CN3CCC(Nc4ncnc5sc(CC(F)(F)F)cc45)CC3)CC2C1. The molecule has 1 N–H and O–H groups in total. The van der Waals surface area contributed by atoms with Gasteiger partial charge in [0.05, 0.1) is 17.8 Å². The van der Waals surface area contributed by atoms with Crippen LogP contribution in [0.2, 0.25) is 0 Å². The molecule has 2 aromatic rings. The molecule has 3 aliphatic rings. The van der Waals surface area contributed by atoms with Crippen LogP contribution >= 0.6 is 11.3 Å². The lowest BCUT2D eigenvalue weighted by molar-refractivity contribution is -0.126. The van der Waals surface area contributed by atoms with Gasteiger partial charge in [0.2, 0.25) is 0 Å². The van der Waals surface area contributed by atoms with Gasteiger partial charge in [-0.05, 0) is 50.0 Å². The van der Waals surface area contributed by atoms with Crippen molar-refractivity contribution in [3.8, 4) is 6.07 Å². The molecule has 4 heterocycles. The molecular weight excluding hydrogens is 449 g/mol. The summed E-state index contributed by atoms with van der Waals surface area (Å²) in [5.41, 5.74) is 0.729. The number of nitrogens with one attached hydrogen (secondary N) is 1. The van der Waals surface area contributed by atoms with Gasteiger partial charge in [-0.1, -0.05) is 0 Å². The van der Waals surface area contributed by atoms with Gasteiger partial charge in [0.25, 0.3) is 0 Å². The monoisotopic (exact) mass is 476 g/mol. The van der Waals surface area contributed by atoms with Crippen LogP contribution in [-0.2, 0) is 6.42 Å². The summed E-state index contributed by atoms with van der Waals surface area (Å²) in [6.45, 7) is 3.10. The van der Waals surface area contributed by atoms with Crippen LogP contribution in [0.3, 0.4) is 0 Å². The number of hydrogen-bond acceptors (Lipinski definition) is 7. The average molecular weight is 477 g/mol. The first-order valence-corrected chi connectivity index (χ1v) is 12.4. The normalized spacial score (nSPS) is 26.7. The molecule has 3 unspecified atom stereocenters. The van der Waals surface area contributed by atoms with Gasteiger partial charge in [-0.2, -0.15) is 18.4 Å². The fourth-order valence-corrected chi connectivity index (χ4v) is 6.63. The van der Waals surface area contributed by atoms with Crippen molar-refractivity contribution in [1.82, 2.24) is 14.9 Å². The molecule has 0 radical (unpaired) electrons. The molecule has 2 aliphatic heterocycles. The number of rotatable bonds is 5. The van der Waals surface area contributed by atoms with Crippen LogP contribution in [0.15, 0.2) is 17.4 Å². The van der Waals surface area contributed by atoms with Gasteiger partial charge in [0, 0.05) is 37.0 Å². The zero-order valence-corrected chi connectivity index (χ0v) is 19.1. The molecular formula is C23H27F3N6S. The smallest absolute Gasteiger partial charge is 0.367 e. The Balaban J connectivity index is 1.13. The van der Waals surface area contributed by atoms with Crippen molar-refractivity contribution in [2.45, 2.75) is 63.2 Å². The summed E-state index contributed by atoms with van der Waals surface area (Å²) in [7, 11) is 0. The third kappa shape index (κ3) is 5.30. The van der Waals surface area contributed by atoms with Crippen molar-refractivity contribution in [3.63, 3.8) is 0 Å². The van der Waals surface area contributed by atoms with Crippen LogP contribution in [0.25, 0.3) is 10.2 Å². The minimum atomic E-state index is -4.23. The maximum Gasteiger partial charge on any atom is 0.393 e. The van der Waals surface area contributed by atoms with E-state index in [0.717, 1.165) is 68.8 Å². The van der Waals surface area contributed by atoms with E-state index in [9.17, 15) is 13.2 Å². The lowest BCUT2D eigenvalue weighted by Gasteiger charge is -2.37. The lowest BCUT2D eigenvalue weighted by atomic mass is 9.77. The third-order valence-corrected chi connectivity index (χ3v) is 8.20. The number of hydrogen-bond donors (Lipinski definition) is 1. The third-order valence-electron chi connectivity index (χ3n) is 7.16. The highest BCUT2D eigenvalue weighted by Crippen LogP contribution is 2.38. The van der Waals surface area contributed by atoms with E-state index in [4.69, 9.17) is 5.26 Å². The number of aromatic nitrogens is 2. The number of aliphatic imine (C=N–C) groups is 1. The van der Waals surface area contributed by atoms with Crippen LogP contribution < -0.4 is 5.32 Å². The van der Waals surface area contributed by atoms with Gasteiger partial charge in [0.15, 0.2) is 0 Å². The fourth-order valence-electron chi connectivity index (χ4n) is 5.60. The Morgan fingerprint density at radius 2 is 2.00 bits per heavy atom. The highest BCUT2D eigenvalue weighted by Gasteiger charge is 2.36. The molecule has 0 spiro atoms. The van der Waals surface area contributed by atoms with E-state index in [1.54, 1.807) is 6.07 Å². The molecule has 6 nitrogen and oxygen atoms in total. The molecule has 2 fully saturated rings. The van der Waals surface area contributed by atoms with E-state index in [2.05, 4.69) is 31.2 Å². The Labute approximate surface area is 194 Å². The first kappa shape index (κ1) is 22.5. The minimum absolute atomic E-state index is 0.252. The Morgan fingerprint density at radius 3 is 2.76 bits per heavy atom. The number of anilines is 1. The molecule has 0 amide bonds. The molecule has 1 aliphatic carbocycles. The van der Waals surface area contributed by atoms with Crippen molar-refractivity contribution in [2.24, 2.45) is 16.8 Å². The van der Waals surface area contributed by atoms with Crippen molar-refractivity contribution in [2.75, 3.05) is 25.0 Å². The summed E-state index contributed by atoms with van der Waals surface area (Å²) in [4.78, 5) is 16.4. The molecule has 0 aromatic carbocycles. The predicted octanol–water partition coefficient (Wildman–Crippen LogP) is 4.83.